The van der Waals surface area contributed by atoms with Gasteiger partial charge in [-0.05, 0) is 47.5 Å². The topological polar surface area (TPSA) is 34.9 Å². The van der Waals surface area contributed by atoms with Crippen LogP contribution < -0.4 is 5.56 Å². The zero-order valence-electron chi connectivity index (χ0n) is 14.8. The van der Waals surface area contributed by atoms with Gasteiger partial charge in [-0.2, -0.15) is 0 Å². The van der Waals surface area contributed by atoms with Crippen LogP contribution in [-0.4, -0.2) is 9.55 Å². The third-order valence-electron chi connectivity index (χ3n) is 4.36. The van der Waals surface area contributed by atoms with E-state index in [1.54, 1.807) is 22.8 Å². The number of hydrogen-bond acceptors (Lipinski definition) is 3. The smallest absolute Gasteiger partial charge is 0.262 e. The number of fused-ring (bicyclic) bond motifs is 1. The van der Waals surface area contributed by atoms with Crippen molar-refractivity contribution in [3.63, 3.8) is 0 Å². The fourth-order valence-corrected chi connectivity index (χ4v) is 4.12. The van der Waals surface area contributed by atoms with Crippen molar-refractivity contribution in [2.24, 2.45) is 0 Å². The molecule has 0 amide bonds. The predicted molar refractivity (Wildman–Crippen MR) is 115 cm³/mol. The lowest BCUT2D eigenvalue weighted by Crippen LogP contribution is -2.24. The zero-order valence-corrected chi connectivity index (χ0v) is 17.2. The standard InChI is InChI=1S/C22H16BrFN2OS/c23-17-9-5-16(6-10-17)14-28-22-25-20-4-2-1-3-19(20)21(27)26(22)13-15-7-11-18(24)12-8-15/h1-12H,13-14H2. The van der Waals surface area contributed by atoms with Crippen LogP contribution in [-0.2, 0) is 12.3 Å². The van der Waals surface area contributed by atoms with Gasteiger partial charge >= 0.3 is 0 Å². The third kappa shape index (κ3) is 4.18. The summed E-state index contributed by atoms with van der Waals surface area (Å²) in [5.74, 6) is 0.402. The molecule has 4 aromatic rings. The summed E-state index contributed by atoms with van der Waals surface area (Å²) in [7, 11) is 0. The molecule has 0 aliphatic heterocycles. The Morgan fingerprint density at radius 2 is 1.61 bits per heavy atom. The average Bonchev–Trinajstić information content (AvgIpc) is 2.71. The number of nitrogens with zero attached hydrogens (tertiary/aromatic N) is 2. The van der Waals surface area contributed by atoms with Crippen molar-refractivity contribution in [1.82, 2.24) is 9.55 Å². The van der Waals surface area contributed by atoms with Gasteiger partial charge in [-0.1, -0.05) is 64.1 Å². The van der Waals surface area contributed by atoms with Crippen LogP contribution in [0.5, 0.6) is 0 Å². The molecule has 0 spiro atoms. The van der Waals surface area contributed by atoms with E-state index in [0.717, 1.165) is 15.6 Å². The van der Waals surface area contributed by atoms with Gasteiger partial charge in [0.25, 0.3) is 5.56 Å². The molecule has 4 rings (SSSR count). The molecule has 28 heavy (non-hydrogen) atoms. The highest BCUT2D eigenvalue weighted by molar-refractivity contribution is 9.10. The summed E-state index contributed by atoms with van der Waals surface area (Å²) >= 11 is 4.96. The minimum absolute atomic E-state index is 0.0896. The van der Waals surface area contributed by atoms with Gasteiger partial charge in [0.15, 0.2) is 5.16 Å². The molecule has 0 saturated carbocycles. The Kier molecular flexibility index (Phi) is 5.59. The summed E-state index contributed by atoms with van der Waals surface area (Å²) < 4.78 is 15.9. The lowest BCUT2D eigenvalue weighted by Gasteiger charge is -2.13. The Labute approximate surface area is 174 Å². The van der Waals surface area contributed by atoms with Crippen molar-refractivity contribution in [3.8, 4) is 0 Å². The van der Waals surface area contributed by atoms with E-state index in [9.17, 15) is 9.18 Å². The molecular weight excluding hydrogens is 439 g/mol. The number of thioether (sulfide) groups is 1. The summed E-state index contributed by atoms with van der Waals surface area (Å²) in [5, 5.41) is 1.23. The number of rotatable bonds is 5. The lowest BCUT2D eigenvalue weighted by molar-refractivity contribution is 0.622. The van der Waals surface area contributed by atoms with Crippen molar-refractivity contribution >= 4 is 38.6 Å². The zero-order chi connectivity index (χ0) is 19.5. The van der Waals surface area contributed by atoms with Crippen LogP contribution in [0.4, 0.5) is 4.39 Å². The van der Waals surface area contributed by atoms with Gasteiger partial charge in [0.05, 0.1) is 17.4 Å². The first-order valence-electron chi connectivity index (χ1n) is 8.71. The van der Waals surface area contributed by atoms with Crippen LogP contribution in [0.2, 0.25) is 0 Å². The van der Waals surface area contributed by atoms with Gasteiger partial charge < -0.3 is 0 Å². The number of benzene rings is 3. The van der Waals surface area contributed by atoms with Crippen LogP contribution in [0, 0.1) is 5.82 Å². The number of halogens is 2. The number of para-hydroxylation sites is 1. The first-order valence-corrected chi connectivity index (χ1v) is 10.5. The normalized spacial score (nSPS) is 11.1. The SMILES string of the molecule is O=c1c2ccccc2nc(SCc2ccc(Br)cc2)n1Cc1ccc(F)cc1. The molecule has 0 radical (unpaired) electrons. The molecular formula is C22H16BrFN2OS. The molecule has 3 nitrogen and oxygen atoms in total. The van der Waals surface area contributed by atoms with Crippen LogP contribution in [0.25, 0.3) is 10.9 Å². The van der Waals surface area contributed by atoms with Crippen molar-refractivity contribution in [3.05, 3.63) is 105 Å². The number of aromatic nitrogens is 2. The minimum atomic E-state index is -0.294. The fourth-order valence-electron chi connectivity index (χ4n) is 2.90. The van der Waals surface area contributed by atoms with Gasteiger partial charge in [-0.15, -0.1) is 0 Å². The molecule has 0 atom stereocenters. The molecule has 0 bridgehead atoms. The number of hydrogen-bond donors (Lipinski definition) is 0. The highest BCUT2D eigenvalue weighted by atomic mass is 79.9. The molecule has 0 unspecified atom stereocenters. The maximum atomic E-state index is 13.2. The van der Waals surface area contributed by atoms with Gasteiger partial charge in [0.2, 0.25) is 0 Å². The molecule has 6 heteroatoms. The summed E-state index contributed by atoms with van der Waals surface area (Å²) in [6, 6.07) is 21.6. The second-order valence-electron chi connectivity index (χ2n) is 6.34. The molecule has 0 aliphatic carbocycles. The van der Waals surface area contributed by atoms with E-state index >= 15 is 0 Å². The van der Waals surface area contributed by atoms with Crippen molar-refractivity contribution in [1.29, 1.82) is 0 Å². The third-order valence-corrected chi connectivity index (χ3v) is 5.94. The monoisotopic (exact) mass is 454 g/mol. The second kappa shape index (κ2) is 8.29. The van der Waals surface area contributed by atoms with Crippen LogP contribution in [0.1, 0.15) is 11.1 Å². The van der Waals surface area contributed by atoms with E-state index in [1.807, 2.05) is 42.5 Å². The molecule has 0 N–H and O–H groups in total. The fraction of sp³-hybridized carbons (Fsp3) is 0.0909. The average molecular weight is 455 g/mol. The molecule has 0 aliphatic rings. The van der Waals surface area contributed by atoms with Crippen LogP contribution in [0.3, 0.4) is 0 Å². The van der Waals surface area contributed by atoms with E-state index in [4.69, 9.17) is 4.98 Å². The molecule has 140 valence electrons. The molecule has 3 aromatic carbocycles. The first kappa shape index (κ1) is 18.9. The molecule has 1 aromatic heterocycles. The Bertz CT molecular complexity index is 1170. The van der Waals surface area contributed by atoms with Crippen molar-refractivity contribution in [2.75, 3.05) is 0 Å². The van der Waals surface area contributed by atoms with Gasteiger partial charge in [0.1, 0.15) is 5.82 Å². The van der Waals surface area contributed by atoms with E-state index < -0.39 is 0 Å². The van der Waals surface area contributed by atoms with Crippen molar-refractivity contribution < 1.29 is 4.39 Å². The Balaban J connectivity index is 1.73. The van der Waals surface area contributed by atoms with E-state index in [-0.39, 0.29) is 11.4 Å². The maximum absolute atomic E-state index is 13.2. The summed E-state index contributed by atoms with van der Waals surface area (Å²) in [5.41, 5.74) is 2.59. The van der Waals surface area contributed by atoms with Crippen LogP contribution >= 0.6 is 27.7 Å². The Hall–Kier alpha value is -2.44. The minimum Gasteiger partial charge on any atom is -0.283 e. The maximum Gasteiger partial charge on any atom is 0.262 e. The lowest BCUT2D eigenvalue weighted by atomic mass is 10.2. The summed E-state index contributed by atoms with van der Waals surface area (Å²) in [4.78, 5) is 17.8. The molecule has 0 saturated heterocycles. The van der Waals surface area contributed by atoms with Crippen LogP contribution in [0.15, 0.2) is 87.2 Å². The van der Waals surface area contributed by atoms with Gasteiger partial charge in [-0.25, -0.2) is 9.37 Å². The van der Waals surface area contributed by atoms with E-state index in [2.05, 4.69) is 15.9 Å². The highest BCUT2D eigenvalue weighted by Gasteiger charge is 2.12. The quantitative estimate of drug-likeness (QED) is 0.289. The molecule has 1 heterocycles. The van der Waals surface area contributed by atoms with E-state index in [1.165, 1.54) is 23.9 Å². The predicted octanol–water partition coefficient (Wildman–Crippen LogP) is 5.64. The Morgan fingerprint density at radius 1 is 0.929 bits per heavy atom. The van der Waals surface area contributed by atoms with E-state index in [0.29, 0.717) is 28.4 Å². The second-order valence-corrected chi connectivity index (χ2v) is 8.20. The van der Waals surface area contributed by atoms with Gasteiger partial charge in [-0.3, -0.25) is 9.36 Å². The van der Waals surface area contributed by atoms with Gasteiger partial charge in [0, 0.05) is 10.2 Å². The molecule has 0 fully saturated rings. The summed E-state index contributed by atoms with van der Waals surface area (Å²) in [6.07, 6.45) is 0. The van der Waals surface area contributed by atoms with Crippen molar-refractivity contribution in [2.45, 2.75) is 17.5 Å². The summed E-state index contributed by atoms with van der Waals surface area (Å²) in [6.45, 7) is 0.347. The largest absolute Gasteiger partial charge is 0.283 e. The highest BCUT2D eigenvalue weighted by Crippen LogP contribution is 2.24. The first-order chi connectivity index (χ1) is 13.6. The Morgan fingerprint density at radius 3 is 2.36 bits per heavy atom.